The molecule has 2 aromatic rings. The van der Waals surface area contributed by atoms with E-state index in [-0.39, 0.29) is 11.5 Å². The van der Waals surface area contributed by atoms with Gasteiger partial charge in [-0.2, -0.15) is 8.42 Å². The average molecular weight is 432 g/mol. The van der Waals surface area contributed by atoms with Gasteiger partial charge < -0.3 is 9.64 Å². The van der Waals surface area contributed by atoms with Gasteiger partial charge in [0.05, 0.1) is 18.1 Å². The molecule has 0 aromatic heterocycles. The van der Waals surface area contributed by atoms with Crippen LogP contribution in [0.2, 0.25) is 0 Å². The van der Waals surface area contributed by atoms with Gasteiger partial charge in [0, 0.05) is 6.54 Å². The van der Waals surface area contributed by atoms with Crippen LogP contribution in [0.5, 0.6) is 5.75 Å². The van der Waals surface area contributed by atoms with Crippen molar-refractivity contribution >= 4 is 10.1 Å². The molecule has 0 aliphatic carbocycles. The molecule has 1 saturated heterocycles. The van der Waals surface area contributed by atoms with Crippen molar-refractivity contribution in [2.45, 2.75) is 50.3 Å². The third-order valence-corrected chi connectivity index (χ3v) is 6.74. The minimum Gasteiger partial charge on any atom is -0.494 e. The quantitative estimate of drug-likeness (QED) is 0.385. The van der Waals surface area contributed by atoms with E-state index < -0.39 is 10.1 Å². The second kappa shape index (κ2) is 11.5. The van der Waals surface area contributed by atoms with Crippen LogP contribution >= 0.6 is 0 Å². The Hall–Kier alpha value is -1.89. The molecule has 6 heteroatoms. The summed E-state index contributed by atoms with van der Waals surface area (Å²) in [5.41, 5.74) is 2.16. The Kier molecular flexibility index (Phi) is 8.73. The first-order valence-electron chi connectivity index (χ1n) is 10.9. The predicted molar refractivity (Wildman–Crippen MR) is 119 cm³/mol. The average Bonchev–Trinajstić information content (AvgIpc) is 2.76. The molecule has 0 N–H and O–H groups in total. The lowest BCUT2D eigenvalue weighted by atomic mass is 10.1. The molecule has 0 spiro atoms. The number of benzene rings is 2. The number of ether oxygens (including phenoxy) is 1. The largest absolute Gasteiger partial charge is 0.494 e. The maximum Gasteiger partial charge on any atom is 0.296 e. The van der Waals surface area contributed by atoms with Gasteiger partial charge in [-0.05, 0) is 81.9 Å². The van der Waals surface area contributed by atoms with Crippen molar-refractivity contribution in [3.8, 4) is 5.75 Å². The lowest BCUT2D eigenvalue weighted by Crippen LogP contribution is -2.31. The van der Waals surface area contributed by atoms with Crippen molar-refractivity contribution in [2.24, 2.45) is 0 Å². The van der Waals surface area contributed by atoms with Gasteiger partial charge in [-0.15, -0.1) is 0 Å². The van der Waals surface area contributed by atoms with Crippen molar-refractivity contribution in [1.82, 2.24) is 4.90 Å². The number of piperidine rings is 1. The van der Waals surface area contributed by atoms with Gasteiger partial charge in [0.25, 0.3) is 10.1 Å². The minimum absolute atomic E-state index is 0.172. The van der Waals surface area contributed by atoms with E-state index in [0.29, 0.717) is 6.42 Å². The summed E-state index contributed by atoms with van der Waals surface area (Å²) in [7, 11) is -3.68. The van der Waals surface area contributed by atoms with E-state index in [0.717, 1.165) is 42.9 Å². The molecule has 164 valence electrons. The number of likely N-dealkylation sites (tertiary alicyclic amines) is 1. The third kappa shape index (κ3) is 7.42. The Morgan fingerprint density at radius 2 is 1.57 bits per heavy atom. The first-order chi connectivity index (χ1) is 14.5. The first kappa shape index (κ1) is 22.8. The zero-order chi connectivity index (χ0) is 21.2. The summed E-state index contributed by atoms with van der Waals surface area (Å²) in [6.45, 7) is 6.40. The summed E-state index contributed by atoms with van der Waals surface area (Å²) in [5.74, 6) is 0.885. The third-order valence-electron chi connectivity index (χ3n) is 5.42. The molecule has 0 bridgehead atoms. The van der Waals surface area contributed by atoms with Crippen molar-refractivity contribution in [3.63, 3.8) is 0 Å². The Labute approximate surface area is 181 Å². The van der Waals surface area contributed by atoms with E-state index >= 15 is 0 Å². The summed E-state index contributed by atoms with van der Waals surface area (Å²) >= 11 is 0. The Morgan fingerprint density at radius 3 is 2.27 bits per heavy atom. The summed E-state index contributed by atoms with van der Waals surface area (Å²) in [6, 6.07) is 14.7. The van der Waals surface area contributed by atoms with Crippen LogP contribution in [-0.2, 0) is 20.7 Å². The van der Waals surface area contributed by atoms with E-state index in [2.05, 4.69) is 4.90 Å². The standard InChI is InChI=1S/C24H33NO4S/c1-21-8-14-24(15-9-21)30(26,27)29-20-5-7-22-10-12-23(13-11-22)28-19-6-18-25-16-3-2-4-17-25/h8-15H,2-7,16-20H2,1H3. The molecular weight excluding hydrogens is 398 g/mol. The van der Waals surface area contributed by atoms with E-state index in [9.17, 15) is 8.42 Å². The first-order valence-corrected chi connectivity index (χ1v) is 12.3. The highest BCUT2D eigenvalue weighted by molar-refractivity contribution is 7.86. The summed E-state index contributed by atoms with van der Waals surface area (Å²) in [5, 5.41) is 0. The molecule has 1 aliphatic rings. The zero-order valence-electron chi connectivity index (χ0n) is 17.9. The van der Waals surface area contributed by atoms with Crippen LogP contribution in [0.1, 0.15) is 43.2 Å². The number of aryl methyl sites for hydroxylation is 2. The molecule has 2 aromatic carbocycles. The highest BCUT2D eigenvalue weighted by Gasteiger charge is 2.14. The van der Waals surface area contributed by atoms with Crippen LogP contribution in [0.15, 0.2) is 53.4 Å². The second-order valence-electron chi connectivity index (χ2n) is 7.94. The summed E-state index contributed by atoms with van der Waals surface area (Å²) in [6.07, 6.45) is 6.47. The molecular formula is C24H33NO4S. The fraction of sp³-hybridized carbons (Fsp3) is 0.500. The van der Waals surface area contributed by atoms with Gasteiger partial charge >= 0.3 is 0 Å². The van der Waals surface area contributed by atoms with Gasteiger partial charge in [0.1, 0.15) is 5.75 Å². The predicted octanol–water partition coefficient (Wildman–Crippen LogP) is 4.59. The van der Waals surface area contributed by atoms with Crippen LogP contribution in [0.3, 0.4) is 0 Å². The second-order valence-corrected chi connectivity index (χ2v) is 9.56. The van der Waals surface area contributed by atoms with Crippen LogP contribution in [0.4, 0.5) is 0 Å². The molecule has 0 amide bonds. The number of hydrogen-bond acceptors (Lipinski definition) is 5. The molecule has 0 saturated carbocycles. The van der Waals surface area contributed by atoms with Crippen molar-refractivity contribution in [1.29, 1.82) is 0 Å². The SMILES string of the molecule is Cc1ccc(S(=O)(=O)OCCCc2ccc(OCCCN3CCCCC3)cc2)cc1. The number of hydrogen-bond donors (Lipinski definition) is 0. The van der Waals surface area contributed by atoms with Gasteiger partial charge in [0.15, 0.2) is 0 Å². The maximum atomic E-state index is 12.2. The van der Waals surface area contributed by atoms with Crippen LogP contribution in [0, 0.1) is 6.92 Å². The van der Waals surface area contributed by atoms with Crippen molar-refractivity contribution in [2.75, 3.05) is 32.8 Å². The molecule has 30 heavy (non-hydrogen) atoms. The van der Waals surface area contributed by atoms with Crippen molar-refractivity contribution < 1.29 is 17.3 Å². The van der Waals surface area contributed by atoms with Crippen LogP contribution < -0.4 is 4.74 Å². The molecule has 5 nitrogen and oxygen atoms in total. The van der Waals surface area contributed by atoms with Gasteiger partial charge in [-0.25, -0.2) is 0 Å². The highest BCUT2D eigenvalue weighted by atomic mass is 32.2. The molecule has 0 atom stereocenters. The topological polar surface area (TPSA) is 55.8 Å². The van der Waals surface area contributed by atoms with Crippen molar-refractivity contribution in [3.05, 3.63) is 59.7 Å². The minimum atomic E-state index is -3.68. The van der Waals surface area contributed by atoms with E-state index in [1.54, 1.807) is 24.3 Å². The lowest BCUT2D eigenvalue weighted by molar-refractivity contribution is 0.205. The van der Waals surface area contributed by atoms with Gasteiger partial charge in [-0.1, -0.05) is 36.2 Å². The fourth-order valence-electron chi connectivity index (χ4n) is 3.63. The smallest absolute Gasteiger partial charge is 0.296 e. The molecule has 1 aliphatic heterocycles. The highest BCUT2D eigenvalue weighted by Crippen LogP contribution is 2.16. The van der Waals surface area contributed by atoms with Crippen LogP contribution in [-0.4, -0.2) is 46.2 Å². The van der Waals surface area contributed by atoms with E-state index in [1.165, 1.54) is 32.4 Å². The maximum absolute atomic E-state index is 12.2. The summed E-state index contributed by atoms with van der Waals surface area (Å²) < 4.78 is 35.4. The zero-order valence-corrected chi connectivity index (χ0v) is 18.7. The van der Waals surface area contributed by atoms with Gasteiger partial charge in [0.2, 0.25) is 0 Å². The van der Waals surface area contributed by atoms with E-state index in [1.807, 2.05) is 31.2 Å². The van der Waals surface area contributed by atoms with Crippen LogP contribution in [0.25, 0.3) is 0 Å². The molecule has 1 heterocycles. The number of rotatable bonds is 11. The Morgan fingerprint density at radius 1 is 0.867 bits per heavy atom. The number of nitrogens with zero attached hydrogens (tertiary/aromatic N) is 1. The lowest BCUT2D eigenvalue weighted by Gasteiger charge is -2.26. The Bertz CT molecular complexity index is 857. The molecule has 3 rings (SSSR count). The normalized spacial score (nSPS) is 15.2. The summed E-state index contributed by atoms with van der Waals surface area (Å²) in [4.78, 5) is 2.73. The molecule has 0 radical (unpaired) electrons. The van der Waals surface area contributed by atoms with Gasteiger partial charge in [-0.3, -0.25) is 4.18 Å². The Balaban J connectivity index is 1.32. The monoisotopic (exact) mass is 431 g/mol. The fourth-order valence-corrected chi connectivity index (χ4v) is 4.57. The molecule has 1 fully saturated rings. The molecule has 0 unspecified atom stereocenters. The van der Waals surface area contributed by atoms with E-state index in [4.69, 9.17) is 8.92 Å².